The molecule has 2 aliphatic rings. The second-order valence-corrected chi connectivity index (χ2v) is 7.53. The zero-order chi connectivity index (χ0) is 19.6. The molecule has 1 saturated heterocycles. The molecule has 2 aromatic rings. The standard InChI is InChI=1S/C20H17Cl2NO2.C2H6/c1-11-2-7-18(23-9-11)19-14(13-4-3-12(21)8-17(13)22)5-6-15-16(19)10-25-20(15)24;1-2/h2-9,14-16,19H,10H2,1H3;1-2H3/t14?,15?,16?,19-;/m0./s1. The second kappa shape index (κ2) is 8.45. The first kappa shape index (κ1) is 19.9. The molecule has 142 valence electrons. The van der Waals surface area contributed by atoms with Crippen molar-refractivity contribution in [3.8, 4) is 0 Å². The van der Waals surface area contributed by atoms with Gasteiger partial charge < -0.3 is 4.74 Å². The predicted molar refractivity (Wildman–Crippen MR) is 109 cm³/mol. The molecule has 27 heavy (non-hydrogen) atoms. The fourth-order valence-electron chi connectivity index (χ4n) is 3.88. The molecule has 3 nitrogen and oxygen atoms in total. The largest absolute Gasteiger partial charge is 0.465 e. The van der Waals surface area contributed by atoms with Crippen LogP contribution < -0.4 is 0 Å². The fourth-order valence-corrected chi connectivity index (χ4v) is 4.41. The molecule has 4 rings (SSSR count). The molecule has 1 aromatic carbocycles. The third-order valence-corrected chi connectivity index (χ3v) is 5.69. The van der Waals surface area contributed by atoms with E-state index in [1.54, 1.807) is 6.07 Å². The number of nitrogens with zero attached hydrogens (tertiary/aromatic N) is 1. The zero-order valence-electron chi connectivity index (χ0n) is 15.7. The first-order valence-corrected chi connectivity index (χ1v) is 10.0. The van der Waals surface area contributed by atoms with Crippen LogP contribution >= 0.6 is 23.2 Å². The van der Waals surface area contributed by atoms with E-state index in [1.165, 1.54) is 0 Å². The zero-order valence-corrected chi connectivity index (χ0v) is 17.2. The maximum Gasteiger partial charge on any atom is 0.313 e. The van der Waals surface area contributed by atoms with Crippen molar-refractivity contribution in [2.45, 2.75) is 32.6 Å². The van der Waals surface area contributed by atoms with Crippen LogP contribution in [0.25, 0.3) is 0 Å². The number of ether oxygens (including phenoxy) is 1. The summed E-state index contributed by atoms with van der Waals surface area (Å²) in [6.45, 7) is 6.42. The third kappa shape index (κ3) is 3.90. The average Bonchev–Trinajstić information content (AvgIpc) is 3.05. The Kier molecular flexibility index (Phi) is 6.23. The monoisotopic (exact) mass is 403 g/mol. The molecule has 0 spiro atoms. The lowest BCUT2D eigenvalue weighted by Gasteiger charge is -2.34. The van der Waals surface area contributed by atoms with Gasteiger partial charge in [0.25, 0.3) is 0 Å². The van der Waals surface area contributed by atoms with Gasteiger partial charge in [0.05, 0.1) is 12.5 Å². The average molecular weight is 404 g/mol. The number of cyclic esters (lactones) is 1. The van der Waals surface area contributed by atoms with Crippen LogP contribution in [0.3, 0.4) is 0 Å². The van der Waals surface area contributed by atoms with Crippen molar-refractivity contribution in [2.24, 2.45) is 11.8 Å². The Morgan fingerprint density at radius 2 is 1.81 bits per heavy atom. The molecular weight excluding hydrogens is 381 g/mol. The number of halogens is 2. The van der Waals surface area contributed by atoms with Crippen LogP contribution in [0.2, 0.25) is 10.0 Å². The van der Waals surface area contributed by atoms with Crippen molar-refractivity contribution in [1.82, 2.24) is 4.98 Å². The van der Waals surface area contributed by atoms with Crippen molar-refractivity contribution in [3.63, 3.8) is 0 Å². The fraction of sp³-hybridized carbons (Fsp3) is 0.364. The van der Waals surface area contributed by atoms with E-state index in [0.29, 0.717) is 16.7 Å². The highest BCUT2D eigenvalue weighted by atomic mass is 35.5. The van der Waals surface area contributed by atoms with Gasteiger partial charge in [0.1, 0.15) is 0 Å². The van der Waals surface area contributed by atoms with E-state index in [2.05, 4.69) is 11.1 Å². The summed E-state index contributed by atoms with van der Waals surface area (Å²) in [5, 5.41) is 1.23. The molecular formula is C22H23Cl2NO2. The summed E-state index contributed by atoms with van der Waals surface area (Å²) in [6.07, 6.45) is 5.89. The van der Waals surface area contributed by atoms with Gasteiger partial charge in [-0.15, -0.1) is 0 Å². The summed E-state index contributed by atoms with van der Waals surface area (Å²) in [7, 11) is 0. The molecule has 5 heteroatoms. The summed E-state index contributed by atoms with van der Waals surface area (Å²) in [4.78, 5) is 16.7. The van der Waals surface area contributed by atoms with Crippen LogP contribution in [-0.4, -0.2) is 17.6 Å². The molecule has 4 atom stereocenters. The molecule has 0 bridgehead atoms. The van der Waals surface area contributed by atoms with Crippen molar-refractivity contribution >= 4 is 29.2 Å². The van der Waals surface area contributed by atoms with Crippen LogP contribution in [0, 0.1) is 18.8 Å². The lowest BCUT2D eigenvalue weighted by Crippen LogP contribution is -2.30. The quantitative estimate of drug-likeness (QED) is 0.459. The van der Waals surface area contributed by atoms with Gasteiger partial charge in [0, 0.05) is 39.7 Å². The third-order valence-electron chi connectivity index (χ3n) is 5.12. The highest BCUT2D eigenvalue weighted by Crippen LogP contribution is 2.49. The Balaban J connectivity index is 0.00000102. The minimum Gasteiger partial charge on any atom is -0.465 e. The summed E-state index contributed by atoms with van der Waals surface area (Å²) >= 11 is 12.5. The van der Waals surface area contributed by atoms with Crippen molar-refractivity contribution in [1.29, 1.82) is 0 Å². The van der Waals surface area contributed by atoms with Gasteiger partial charge in [-0.3, -0.25) is 9.78 Å². The highest BCUT2D eigenvalue weighted by Gasteiger charge is 2.46. The SMILES string of the molecule is CC.Cc1ccc([C@H]2C(c3ccc(Cl)cc3Cl)C=CC3C(=O)OCC32)nc1. The Morgan fingerprint density at radius 3 is 2.48 bits per heavy atom. The van der Waals surface area contributed by atoms with Gasteiger partial charge in [-0.2, -0.15) is 0 Å². The van der Waals surface area contributed by atoms with Crippen molar-refractivity contribution < 1.29 is 9.53 Å². The molecule has 0 N–H and O–H groups in total. The van der Waals surface area contributed by atoms with Crippen LogP contribution in [0.1, 0.15) is 42.5 Å². The van der Waals surface area contributed by atoms with Gasteiger partial charge in [-0.05, 0) is 36.2 Å². The van der Waals surface area contributed by atoms with E-state index in [9.17, 15) is 4.79 Å². The molecule has 0 radical (unpaired) electrons. The molecule has 3 unspecified atom stereocenters. The van der Waals surface area contributed by atoms with Gasteiger partial charge in [-0.1, -0.05) is 61.3 Å². The van der Waals surface area contributed by atoms with E-state index >= 15 is 0 Å². The van der Waals surface area contributed by atoms with Crippen molar-refractivity contribution in [2.75, 3.05) is 6.61 Å². The van der Waals surface area contributed by atoms with Gasteiger partial charge in [-0.25, -0.2) is 0 Å². The lowest BCUT2D eigenvalue weighted by molar-refractivity contribution is -0.140. The molecule has 1 aliphatic carbocycles. The van der Waals surface area contributed by atoms with E-state index in [-0.39, 0.29) is 29.6 Å². The number of fused-ring (bicyclic) bond motifs is 1. The van der Waals surface area contributed by atoms with E-state index < -0.39 is 0 Å². The molecule has 0 saturated carbocycles. The first-order valence-electron chi connectivity index (χ1n) is 9.27. The van der Waals surface area contributed by atoms with E-state index in [1.807, 2.05) is 57.3 Å². The smallest absolute Gasteiger partial charge is 0.313 e. The molecule has 1 aliphatic heterocycles. The number of esters is 1. The summed E-state index contributed by atoms with van der Waals surface area (Å²) < 4.78 is 5.34. The van der Waals surface area contributed by atoms with Crippen LogP contribution in [0.15, 0.2) is 48.7 Å². The lowest BCUT2D eigenvalue weighted by atomic mass is 9.68. The number of carbonyl (C=O) groups excluding carboxylic acids is 1. The maximum atomic E-state index is 12.1. The van der Waals surface area contributed by atoms with E-state index in [0.717, 1.165) is 16.8 Å². The minimum atomic E-state index is -0.213. The summed E-state index contributed by atoms with van der Waals surface area (Å²) in [6, 6.07) is 9.65. The Labute approximate surface area is 170 Å². The molecule has 1 fully saturated rings. The molecule has 2 heterocycles. The number of pyridine rings is 1. The van der Waals surface area contributed by atoms with Crippen molar-refractivity contribution in [3.05, 3.63) is 75.5 Å². The number of aryl methyl sites for hydroxylation is 1. The number of aromatic nitrogens is 1. The number of hydrogen-bond acceptors (Lipinski definition) is 3. The first-order chi connectivity index (χ1) is 13.0. The topological polar surface area (TPSA) is 39.2 Å². The van der Waals surface area contributed by atoms with E-state index in [4.69, 9.17) is 27.9 Å². The van der Waals surface area contributed by atoms with Gasteiger partial charge in [0.2, 0.25) is 0 Å². The van der Waals surface area contributed by atoms with Gasteiger partial charge >= 0.3 is 5.97 Å². The summed E-state index contributed by atoms with van der Waals surface area (Å²) in [5.41, 5.74) is 3.05. The highest BCUT2D eigenvalue weighted by molar-refractivity contribution is 6.35. The number of hydrogen-bond donors (Lipinski definition) is 0. The molecule has 0 amide bonds. The second-order valence-electron chi connectivity index (χ2n) is 6.68. The van der Waals surface area contributed by atoms with Gasteiger partial charge in [0.15, 0.2) is 0 Å². The Hall–Kier alpha value is -1.84. The molecule has 1 aromatic heterocycles. The predicted octanol–water partition coefficient (Wildman–Crippen LogP) is 5.95. The van der Waals surface area contributed by atoms with Crippen LogP contribution in [-0.2, 0) is 9.53 Å². The summed E-state index contributed by atoms with van der Waals surface area (Å²) in [5.74, 6) is -0.254. The minimum absolute atomic E-state index is 0.0238. The number of allylic oxidation sites excluding steroid dienone is 1. The van der Waals surface area contributed by atoms with Crippen LogP contribution in [0.5, 0.6) is 0 Å². The number of rotatable bonds is 2. The van der Waals surface area contributed by atoms with Crippen LogP contribution in [0.4, 0.5) is 0 Å². The number of benzene rings is 1. The Bertz CT molecular complexity index is 848. The normalized spacial score (nSPS) is 26.0. The maximum absolute atomic E-state index is 12.1. The Morgan fingerprint density at radius 1 is 1.07 bits per heavy atom. The number of carbonyl (C=O) groups is 1.